The lowest BCUT2D eigenvalue weighted by molar-refractivity contribution is -0.128. The standard InChI is InChI=1S/C22H38N2O2.H2/c1-3-20(25)17-5-7-19(8-6-17)23-21(26)18-9-11-22(12-10-18)13-15-24(4-2)16-14-22;/h17-19H,3-16H2,1-2H3,(H,23,26);1H. The zero-order valence-electron chi connectivity index (χ0n) is 16.9. The van der Waals surface area contributed by atoms with Gasteiger partial charge in [0, 0.05) is 25.7 Å². The third-order valence-electron chi connectivity index (χ3n) is 7.66. The van der Waals surface area contributed by atoms with Gasteiger partial charge < -0.3 is 10.2 Å². The van der Waals surface area contributed by atoms with Crippen LogP contribution in [0, 0.1) is 17.3 Å². The van der Waals surface area contributed by atoms with E-state index in [0.29, 0.717) is 23.7 Å². The van der Waals surface area contributed by atoms with Crippen molar-refractivity contribution in [1.29, 1.82) is 0 Å². The van der Waals surface area contributed by atoms with Crippen LogP contribution in [0.3, 0.4) is 0 Å². The number of nitrogens with one attached hydrogen (secondary N) is 1. The summed E-state index contributed by atoms with van der Waals surface area (Å²) in [5, 5.41) is 3.32. The van der Waals surface area contributed by atoms with Crippen LogP contribution in [-0.4, -0.2) is 42.3 Å². The second-order valence-corrected chi connectivity index (χ2v) is 9.09. The largest absolute Gasteiger partial charge is 0.353 e. The topological polar surface area (TPSA) is 49.4 Å². The molecule has 0 aromatic rings. The summed E-state index contributed by atoms with van der Waals surface area (Å²) >= 11 is 0. The van der Waals surface area contributed by atoms with Gasteiger partial charge in [-0.1, -0.05) is 13.8 Å². The fourth-order valence-corrected chi connectivity index (χ4v) is 5.50. The van der Waals surface area contributed by atoms with Crippen molar-refractivity contribution in [2.45, 2.75) is 90.5 Å². The molecule has 0 aromatic heterocycles. The number of likely N-dealkylation sites (tertiary alicyclic amines) is 1. The van der Waals surface area contributed by atoms with Gasteiger partial charge in [-0.15, -0.1) is 0 Å². The zero-order chi connectivity index (χ0) is 18.6. The summed E-state index contributed by atoms with van der Waals surface area (Å²) in [5.74, 6) is 1.16. The molecular weight excluding hydrogens is 324 g/mol. The van der Waals surface area contributed by atoms with Gasteiger partial charge in [0.25, 0.3) is 0 Å². The first-order valence-corrected chi connectivity index (χ1v) is 11.1. The third-order valence-corrected chi connectivity index (χ3v) is 7.66. The second-order valence-electron chi connectivity index (χ2n) is 9.09. The average molecular weight is 365 g/mol. The highest BCUT2D eigenvalue weighted by atomic mass is 16.2. The molecule has 1 heterocycles. The van der Waals surface area contributed by atoms with Gasteiger partial charge in [-0.2, -0.15) is 0 Å². The lowest BCUT2D eigenvalue weighted by atomic mass is 9.65. The van der Waals surface area contributed by atoms with Gasteiger partial charge in [-0.05, 0) is 89.3 Å². The number of piperidine rings is 1. The molecule has 3 rings (SSSR count). The van der Waals surface area contributed by atoms with Crippen LogP contribution in [0.4, 0.5) is 0 Å². The summed E-state index contributed by atoms with van der Waals surface area (Å²) in [6.07, 6.45) is 11.8. The van der Waals surface area contributed by atoms with Crippen molar-refractivity contribution in [2.24, 2.45) is 17.3 Å². The molecule has 0 aromatic carbocycles. The average Bonchev–Trinajstić information content (AvgIpc) is 2.69. The summed E-state index contributed by atoms with van der Waals surface area (Å²) in [5.41, 5.74) is 0.529. The SMILES string of the molecule is CCC(=O)C1CCC(NC(=O)C2CCC3(CC2)CCN(CC)CC3)CC1.[HH]. The maximum Gasteiger partial charge on any atom is 0.223 e. The normalized spacial score (nSPS) is 30.2. The van der Waals surface area contributed by atoms with E-state index in [0.717, 1.165) is 38.5 Å². The molecule has 2 saturated carbocycles. The Kier molecular flexibility index (Phi) is 6.76. The molecule has 26 heavy (non-hydrogen) atoms. The Bertz CT molecular complexity index is 485. The predicted molar refractivity (Wildman–Crippen MR) is 107 cm³/mol. The van der Waals surface area contributed by atoms with Gasteiger partial charge in [0.2, 0.25) is 5.91 Å². The Morgan fingerprint density at radius 2 is 1.54 bits per heavy atom. The summed E-state index contributed by atoms with van der Waals surface area (Å²) in [6.45, 7) is 7.87. The predicted octanol–water partition coefficient (Wildman–Crippen LogP) is 4.18. The van der Waals surface area contributed by atoms with E-state index >= 15 is 0 Å². The number of carbonyl (C=O) groups excluding carboxylic acids is 2. The first-order valence-electron chi connectivity index (χ1n) is 11.1. The Balaban J connectivity index is 0.00000261. The number of hydrogen-bond acceptors (Lipinski definition) is 3. The van der Waals surface area contributed by atoms with Gasteiger partial charge in [0.1, 0.15) is 5.78 Å². The minimum Gasteiger partial charge on any atom is -0.353 e. The Hall–Kier alpha value is -0.900. The molecule has 0 unspecified atom stereocenters. The van der Waals surface area contributed by atoms with Crippen LogP contribution in [0.15, 0.2) is 0 Å². The molecule has 0 bridgehead atoms. The Labute approximate surface area is 161 Å². The fraction of sp³-hybridized carbons (Fsp3) is 0.909. The van der Waals surface area contributed by atoms with Crippen LogP contribution in [0.5, 0.6) is 0 Å². The lowest BCUT2D eigenvalue weighted by Crippen LogP contribution is -2.45. The number of carbonyl (C=O) groups is 2. The zero-order valence-corrected chi connectivity index (χ0v) is 16.9. The fourth-order valence-electron chi connectivity index (χ4n) is 5.50. The van der Waals surface area contributed by atoms with Gasteiger partial charge in [-0.25, -0.2) is 0 Å². The van der Waals surface area contributed by atoms with Gasteiger partial charge in [0.15, 0.2) is 0 Å². The smallest absolute Gasteiger partial charge is 0.223 e. The summed E-state index contributed by atoms with van der Waals surface area (Å²) in [6, 6.07) is 0.298. The first kappa shape index (κ1) is 19.9. The molecule has 3 fully saturated rings. The van der Waals surface area contributed by atoms with E-state index < -0.39 is 0 Å². The van der Waals surface area contributed by atoms with Crippen molar-refractivity contribution in [1.82, 2.24) is 10.2 Å². The Morgan fingerprint density at radius 1 is 0.923 bits per heavy atom. The van der Waals surface area contributed by atoms with Crippen molar-refractivity contribution in [2.75, 3.05) is 19.6 Å². The summed E-state index contributed by atoms with van der Waals surface area (Å²) < 4.78 is 0. The summed E-state index contributed by atoms with van der Waals surface area (Å²) in [4.78, 5) is 27.1. The van der Waals surface area contributed by atoms with Gasteiger partial charge in [-0.3, -0.25) is 9.59 Å². The van der Waals surface area contributed by atoms with E-state index in [9.17, 15) is 9.59 Å². The van der Waals surface area contributed by atoms with Gasteiger partial charge in [0.05, 0.1) is 0 Å². The van der Waals surface area contributed by atoms with Crippen LogP contribution in [0.25, 0.3) is 0 Å². The minimum absolute atomic E-state index is 0. The first-order chi connectivity index (χ1) is 12.5. The molecule has 1 amide bonds. The van der Waals surface area contributed by atoms with Crippen molar-refractivity contribution in [3.05, 3.63) is 0 Å². The lowest BCUT2D eigenvalue weighted by Gasteiger charge is -2.45. The van der Waals surface area contributed by atoms with E-state index in [1.54, 1.807) is 0 Å². The van der Waals surface area contributed by atoms with Crippen LogP contribution in [-0.2, 0) is 9.59 Å². The maximum absolute atomic E-state index is 12.7. The van der Waals surface area contributed by atoms with Gasteiger partial charge >= 0.3 is 0 Å². The highest BCUT2D eigenvalue weighted by Gasteiger charge is 2.39. The molecule has 4 heteroatoms. The van der Waals surface area contributed by atoms with E-state index in [-0.39, 0.29) is 19.2 Å². The molecule has 1 N–H and O–H groups in total. The summed E-state index contributed by atoms with van der Waals surface area (Å²) in [7, 11) is 0. The monoisotopic (exact) mass is 364 g/mol. The highest BCUT2D eigenvalue weighted by Crippen LogP contribution is 2.46. The van der Waals surface area contributed by atoms with E-state index in [1.165, 1.54) is 45.3 Å². The number of nitrogens with zero attached hydrogens (tertiary/aromatic N) is 1. The van der Waals surface area contributed by atoms with Crippen LogP contribution in [0.2, 0.25) is 0 Å². The number of rotatable bonds is 5. The molecule has 150 valence electrons. The molecule has 1 spiro atoms. The van der Waals surface area contributed by atoms with Crippen molar-refractivity contribution < 1.29 is 11.0 Å². The van der Waals surface area contributed by atoms with Crippen LogP contribution < -0.4 is 5.32 Å². The Morgan fingerprint density at radius 3 is 2.08 bits per heavy atom. The molecular formula is C22H40N2O2. The van der Waals surface area contributed by atoms with Crippen LogP contribution >= 0.6 is 0 Å². The van der Waals surface area contributed by atoms with Crippen LogP contribution in [0.1, 0.15) is 85.9 Å². The number of hydrogen-bond donors (Lipinski definition) is 1. The molecule has 2 aliphatic carbocycles. The van der Waals surface area contributed by atoms with Crippen molar-refractivity contribution >= 4 is 11.7 Å². The van der Waals surface area contributed by atoms with E-state index in [4.69, 9.17) is 0 Å². The molecule has 0 atom stereocenters. The third kappa shape index (κ3) is 4.68. The van der Waals surface area contributed by atoms with E-state index in [1.807, 2.05) is 6.92 Å². The molecule has 0 radical (unpaired) electrons. The minimum atomic E-state index is 0. The molecule has 1 saturated heterocycles. The van der Waals surface area contributed by atoms with E-state index in [2.05, 4.69) is 17.1 Å². The van der Waals surface area contributed by atoms with Crippen molar-refractivity contribution in [3.63, 3.8) is 0 Å². The van der Waals surface area contributed by atoms with Crippen molar-refractivity contribution in [3.8, 4) is 0 Å². The quantitative estimate of drug-likeness (QED) is 0.796. The number of amides is 1. The highest BCUT2D eigenvalue weighted by molar-refractivity contribution is 5.81. The molecule has 1 aliphatic heterocycles. The molecule has 3 aliphatic rings. The number of ketones is 1. The second kappa shape index (κ2) is 8.86. The number of Topliss-reactive ketones (excluding diaryl/α,β-unsaturated/α-hetero) is 1. The maximum atomic E-state index is 12.7. The molecule has 4 nitrogen and oxygen atoms in total.